The van der Waals surface area contributed by atoms with Crippen molar-refractivity contribution >= 4 is 18.1 Å². The molecule has 68 valence electrons. The number of nitrogens with two attached hydrogens (primary N) is 1. The van der Waals surface area contributed by atoms with Crippen molar-refractivity contribution < 1.29 is 50.1 Å². The maximum atomic E-state index is 10.9. The van der Waals surface area contributed by atoms with E-state index in [0.29, 0.717) is 19.4 Å². The van der Waals surface area contributed by atoms with Gasteiger partial charge >= 0.3 is 41.7 Å². The third kappa shape index (κ3) is 3.33. The zero-order chi connectivity index (χ0) is 9.14. The molecule has 0 aromatic rings. The van der Waals surface area contributed by atoms with Gasteiger partial charge in [0.15, 0.2) is 0 Å². The Hall–Kier alpha value is -0.590. The van der Waals surface area contributed by atoms with Crippen molar-refractivity contribution in [3.8, 4) is 0 Å². The number of imide groups is 1. The van der Waals surface area contributed by atoms with Crippen molar-refractivity contribution in [2.24, 2.45) is 5.73 Å². The van der Waals surface area contributed by atoms with Gasteiger partial charge in [-0.15, -0.1) is 0 Å². The van der Waals surface area contributed by atoms with E-state index >= 15 is 0 Å². The molecule has 1 fully saturated rings. The van der Waals surface area contributed by atoms with Gasteiger partial charge in [0.1, 0.15) is 0 Å². The van der Waals surface area contributed by atoms with Crippen LogP contribution in [0.1, 0.15) is 14.3 Å². The van der Waals surface area contributed by atoms with Crippen molar-refractivity contribution in [2.45, 2.75) is 12.8 Å². The Morgan fingerprint density at radius 2 is 2.15 bits per heavy atom. The summed E-state index contributed by atoms with van der Waals surface area (Å²) in [5.41, 5.74) is 4.59. The Morgan fingerprint density at radius 1 is 1.54 bits per heavy atom. The van der Waals surface area contributed by atoms with E-state index in [-0.39, 0.29) is 36.9 Å². The molecule has 7 heteroatoms. The van der Waals surface area contributed by atoms with E-state index in [4.69, 9.17) is 0 Å². The Balaban J connectivity index is 0. The van der Waals surface area contributed by atoms with Gasteiger partial charge in [-0.25, -0.2) is 14.5 Å². The van der Waals surface area contributed by atoms with Crippen LogP contribution in [0, 0.1) is 0 Å². The number of carbonyl (C=O) groups is 3. The quantitative estimate of drug-likeness (QED) is 0.329. The second kappa shape index (κ2) is 5.21. The van der Waals surface area contributed by atoms with Gasteiger partial charge in [-0.2, -0.15) is 0 Å². The van der Waals surface area contributed by atoms with E-state index in [1.54, 1.807) is 0 Å². The molecule has 0 saturated carbocycles. The second-order valence-corrected chi connectivity index (χ2v) is 2.34. The van der Waals surface area contributed by atoms with Gasteiger partial charge < -0.3 is 11.9 Å². The SMILES string of the molecule is NC(=O)OC(=O)N1CCCC1=O.[H-].[Na+]. The number of ether oxygens (including phenoxy) is 1. The molecule has 2 N–H and O–H groups in total. The minimum Gasteiger partial charge on any atom is -1.00 e. The fourth-order valence-corrected chi connectivity index (χ4v) is 0.982. The maximum absolute atomic E-state index is 10.9. The normalized spacial score (nSPS) is 15.1. The van der Waals surface area contributed by atoms with Gasteiger partial charge in [0, 0.05) is 13.0 Å². The summed E-state index contributed by atoms with van der Waals surface area (Å²) in [6.45, 7) is 0.297. The molecule has 0 aromatic carbocycles. The number of likely N-dealkylation sites (tertiary alicyclic amines) is 1. The Kier molecular flexibility index (Phi) is 4.97. The van der Waals surface area contributed by atoms with Gasteiger partial charge in [0.25, 0.3) is 0 Å². The predicted molar refractivity (Wildman–Crippen MR) is 38.1 cm³/mol. The molecule has 1 aliphatic heterocycles. The molecule has 3 amide bonds. The first-order valence-electron chi connectivity index (χ1n) is 3.43. The number of primary amides is 1. The van der Waals surface area contributed by atoms with Crippen LogP contribution in [0.2, 0.25) is 0 Å². The van der Waals surface area contributed by atoms with Gasteiger partial charge in [-0.3, -0.25) is 4.79 Å². The van der Waals surface area contributed by atoms with Gasteiger partial charge in [-0.05, 0) is 6.42 Å². The molecule has 0 aliphatic carbocycles. The van der Waals surface area contributed by atoms with Crippen LogP contribution < -0.4 is 35.3 Å². The standard InChI is InChI=1S/C6H8N2O4.Na.H/c7-5(10)12-6(11)8-3-1-2-4(8)9;;/h1-3H2,(H2,7,10);;/q;+1;-1. The molecule has 0 radical (unpaired) electrons. The Labute approximate surface area is 98.2 Å². The molecular formula is C6H9N2NaO4. The molecular weight excluding hydrogens is 187 g/mol. The number of nitrogens with zero attached hydrogens (tertiary/aromatic N) is 1. The van der Waals surface area contributed by atoms with Crippen molar-refractivity contribution in [3.63, 3.8) is 0 Å². The van der Waals surface area contributed by atoms with E-state index < -0.39 is 12.2 Å². The summed E-state index contributed by atoms with van der Waals surface area (Å²) in [6.07, 6.45) is -1.26. The summed E-state index contributed by atoms with van der Waals surface area (Å²) in [5, 5.41) is 0. The number of carbonyl (C=O) groups excluding carboxylic acids is 3. The Bertz CT molecular complexity index is 248. The first kappa shape index (κ1) is 12.4. The van der Waals surface area contributed by atoms with Crippen LogP contribution in [-0.2, 0) is 9.53 Å². The second-order valence-electron chi connectivity index (χ2n) is 2.34. The molecule has 0 bridgehead atoms. The van der Waals surface area contributed by atoms with Crippen molar-refractivity contribution in [1.29, 1.82) is 0 Å². The minimum absolute atomic E-state index is 0. The molecule has 0 spiro atoms. The smallest absolute Gasteiger partial charge is 1.00 e. The van der Waals surface area contributed by atoms with Crippen molar-refractivity contribution in [2.75, 3.05) is 6.54 Å². The molecule has 13 heavy (non-hydrogen) atoms. The zero-order valence-corrected chi connectivity index (χ0v) is 9.28. The summed E-state index contributed by atoms with van der Waals surface area (Å²) >= 11 is 0. The summed E-state index contributed by atoms with van der Waals surface area (Å²) in [5.74, 6) is -0.332. The minimum atomic E-state index is -1.19. The molecule has 1 saturated heterocycles. The summed E-state index contributed by atoms with van der Waals surface area (Å²) < 4.78 is 4.01. The van der Waals surface area contributed by atoms with Crippen molar-refractivity contribution in [3.05, 3.63) is 0 Å². The van der Waals surface area contributed by atoms with Crippen molar-refractivity contribution in [1.82, 2.24) is 4.90 Å². The third-order valence-electron chi connectivity index (χ3n) is 1.48. The first-order chi connectivity index (χ1) is 5.61. The van der Waals surface area contributed by atoms with E-state index in [1.165, 1.54) is 0 Å². The van der Waals surface area contributed by atoms with E-state index in [9.17, 15) is 14.4 Å². The monoisotopic (exact) mass is 196 g/mol. The summed E-state index contributed by atoms with van der Waals surface area (Å²) in [6, 6.07) is 0. The zero-order valence-electron chi connectivity index (χ0n) is 8.28. The number of rotatable bonds is 0. The topological polar surface area (TPSA) is 89.7 Å². The molecule has 0 atom stereocenters. The number of amides is 3. The number of hydrogen-bond acceptors (Lipinski definition) is 4. The molecule has 1 heterocycles. The number of hydrogen-bond donors (Lipinski definition) is 1. The maximum Gasteiger partial charge on any atom is 1.00 e. The van der Waals surface area contributed by atoms with Gasteiger partial charge in [-0.1, -0.05) is 0 Å². The van der Waals surface area contributed by atoms with E-state index in [2.05, 4.69) is 10.5 Å². The van der Waals surface area contributed by atoms with Crippen LogP contribution in [0.25, 0.3) is 0 Å². The third-order valence-corrected chi connectivity index (χ3v) is 1.48. The summed E-state index contributed by atoms with van der Waals surface area (Å²) in [7, 11) is 0. The van der Waals surface area contributed by atoms with Crippen LogP contribution in [0.15, 0.2) is 0 Å². The molecule has 1 aliphatic rings. The predicted octanol–water partition coefficient (Wildman–Crippen LogP) is -3.06. The van der Waals surface area contributed by atoms with Gasteiger partial charge in [0.2, 0.25) is 5.91 Å². The van der Waals surface area contributed by atoms with E-state index in [0.717, 1.165) is 4.90 Å². The fraction of sp³-hybridized carbons (Fsp3) is 0.500. The fourth-order valence-electron chi connectivity index (χ4n) is 0.982. The van der Waals surface area contributed by atoms with Crippen LogP contribution in [0.4, 0.5) is 9.59 Å². The molecule has 6 nitrogen and oxygen atoms in total. The van der Waals surface area contributed by atoms with Crippen LogP contribution in [0.3, 0.4) is 0 Å². The molecule has 1 rings (SSSR count). The molecule has 0 unspecified atom stereocenters. The van der Waals surface area contributed by atoms with Crippen LogP contribution in [-0.4, -0.2) is 29.5 Å². The van der Waals surface area contributed by atoms with Gasteiger partial charge in [0.05, 0.1) is 0 Å². The Morgan fingerprint density at radius 3 is 2.54 bits per heavy atom. The summed E-state index contributed by atoms with van der Waals surface area (Å²) in [4.78, 5) is 32.7. The average Bonchev–Trinajstić information content (AvgIpc) is 2.33. The first-order valence-corrected chi connectivity index (χ1v) is 3.43. The largest absolute Gasteiger partial charge is 1.00 e. The van der Waals surface area contributed by atoms with Crippen LogP contribution in [0.5, 0.6) is 0 Å². The average molecular weight is 196 g/mol. The van der Waals surface area contributed by atoms with E-state index in [1.807, 2.05) is 0 Å². The molecule has 0 aromatic heterocycles. The van der Waals surface area contributed by atoms with Crippen LogP contribution >= 0.6 is 0 Å².